The van der Waals surface area contributed by atoms with Gasteiger partial charge < -0.3 is 0 Å². The Balaban J connectivity index is 2.12. The van der Waals surface area contributed by atoms with Crippen molar-refractivity contribution in [3.05, 3.63) is 0 Å². The Morgan fingerprint density at radius 3 is 2.53 bits per heavy atom. The lowest BCUT2D eigenvalue weighted by Crippen LogP contribution is -2.63. The molecule has 2 rings (SSSR count). The van der Waals surface area contributed by atoms with E-state index in [1.165, 1.54) is 4.90 Å². The molecule has 1 N–H and O–H groups in total. The molecule has 1 aliphatic heterocycles. The number of nitrogens with zero attached hydrogens (tertiary/aromatic N) is 1. The van der Waals surface area contributed by atoms with Gasteiger partial charge in [-0.2, -0.15) is 11.8 Å². The van der Waals surface area contributed by atoms with Crippen molar-refractivity contribution in [3.8, 4) is 0 Å². The molecular formula is C13H20N2O3S. The van der Waals surface area contributed by atoms with Crippen LogP contribution >= 0.6 is 11.8 Å². The van der Waals surface area contributed by atoms with E-state index in [4.69, 9.17) is 0 Å². The molecule has 1 spiro atoms. The summed E-state index contributed by atoms with van der Waals surface area (Å²) in [5.74, 6) is -0.679. The number of carbonyl (C=O) groups is 3. The van der Waals surface area contributed by atoms with E-state index >= 15 is 0 Å². The fourth-order valence-electron chi connectivity index (χ4n) is 2.78. The lowest BCUT2D eigenvalue weighted by Gasteiger charge is -2.37. The van der Waals surface area contributed by atoms with Gasteiger partial charge in [0, 0.05) is 11.8 Å². The van der Waals surface area contributed by atoms with E-state index in [9.17, 15) is 14.4 Å². The number of thioether (sulfide) groups is 1. The first-order valence-corrected chi connectivity index (χ1v) is 8.00. The third-order valence-electron chi connectivity index (χ3n) is 4.17. The largest absolute Gasteiger partial charge is 0.330 e. The van der Waals surface area contributed by atoms with Crippen molar-refractivity contribution >= 4 is 29.6 Å². The molecule has 0 aromatic heterocycles. The third-order valence-corrected chi connectivity index (χ3v) is 5.21. The number of barbiturate groups is 1. The van der Waals surface area contributed by atoms with Crippen LogP contribution in [0.4, 0.5) is 4.79 Å². The summed E-state index contributed by atoms with van der Waals surface area (Å²) >= 11 is 1.70. The van der Waals surface area contributed by atoms with Crippen LogP contribution in [0, 0.1) is 5.41 Å². The van der Waals surface area contributed by atoms with Crippen molar-refractivity contribution in [2.75, 3.05) is 12.8 Å². The molecule has 1 saturated carbocycles. The quantitative estimate of drug-likeness (QED) is 0.799. The molecule has 0 radical (unpaired) electrons. The van der Waals surface area contributed by atoms with Crippen LogP contribution in [0.3, 0.4) is 0 Å². The average molecular weight is 284 g/mol. The van der Waals surface area contributed by atoms with Gasteiger partial charge in [-0.1, -0.05) is 19.8 Å². The van der Waals surface area contributed by atoms with Crippen LogP contribution in [0.1, 0.15) is 39.0 Å². The van der Waals surface area contributed by atoms with Gasteiger partial charge in [0.15, 0.2) is 0 Å². The van der Waals surface area contributed by atoms with E-state index in [1.54, 1.807) is 11.8 Å². The molecule has 1 aliphatic carbocycles. The van der Waals surface area contributed by atoms with Crippen LogP contribution in [0.15, 0.2) is 0 Å². The van der Waals surface area contributed by atoms with Crippen molar-refractivity contribution in [2.45, 2.75) is 44.3 Å². The van der Waals surface area contributed by atoms with E-state index in [0.29, 0.717) is 24.6 Å². The van der Waals surface area contributed by atoms with Gasteiger partial charge in [0.05, 0.1) is 0 Å². The summed E-state index contributed by atoms with van der Waals surface area (Å²) in [5.41, 5.74) is -0.962. The summed E-state index contributed by atoms with van der Waals surface area (Å²) in [4.78, 5) is 37.6. The predicted octanol–water partition coefficient (Wildman–Crippen LogP) is 1.77. The highest BCUT2D eigenvalue weighted by Crippen LogP contribution is 2.41. The van der Waals surface area contributed by atoms with Gasteiger partial charge in [0.1, 0.15) is 5.41 Å². The number of nitrogens with one attached hydrogen (secondary N) is 1. The van der Waals surface area contributed by atoms with E-state index in [0.717, 1.165) is 19.3 Å². The van der Waals surface area contributed by atoms with Gasteiger partial charge in [0.2, 0.25) is 11.8 Å². The van der Waals surface area contributed by atoms with Crippen LogP contribution < -0.4 is 5.32 Å². The molecule has 2 fully saturated rings. The summed E-state index contributed by atoms with van der Waals surface area (Å²) < 4.78 is 0. The number of hydrogen-bond acceptors (Lipinski definition) is 4. The highest BCUT2D eigenvalue weighted by atomic mass is 32.2. The minimum atomic E-state index is -0.962. The molecule has 5 nitrogen and oxygen atoms in total. The minimum Gasteiger partial charge on any atom is -0.277 e. The molecule has 19 heavy (non-hydrogen) atoms. The highest BCUT2D eigenvalue weighted by molar-refractivity contribution is 7.99. The Morgan fingerprint density at radius 2 is 1.95 bits per heavy atom. The second-order valence-corrected chi connectivity index (χ2v) is 6.62. The molecule has 0 bridgehead atoms. The van der Waals surface area contributed by atoms with Gasteiger partial charge in [0.25, 0.3) is 0 Å². The fourth-order valence-corrected chi connectivity index (χ4v) is 3.12. The number of urea groups is 1. The summed E-state index contributed by atoms with van der Waals surface area (Å²) in [7, 11) is 0. The summed E-state index contributed by atoms with van der Waals surface area (Å²) in [5, 5.41) is 2.74. The first-order chi connectivity index (χ1) is 9.01. The molecule has 0 aromatic carbocycles. The van der Waals surface area contributed by atoms with E-state index < -0.39 is 17.4 Å². The van der Waals surface area contributed by atoms with Crippen LogP contribution in [0.2, 0.25) is 0 Å². The van der Waals surface area contributed by atoms with Crippen molar-refractivity contribution in [3.63, 3.8) is 0 Å². The van der Waals surface area contributed by atoms with Gasteiger partial charge in [-0.05, 0) is 25.5 Å². The summed E-state index contributed by atoms with van der Waals surface area (Å²) in [6.07, 6.45) is 5.65. The standard InChI is InChI=1S/C13H20N2O3S/c1-9(19-2)5-8-15-11(17)13(6-3-4-7-13)10(16)14-12(15)18/h9H,3-8H2,1-2H3,(H,14,16,18). The number of amides is 4. The number of carbonyl (C=O) groups excluding carboxylic acids is 3. The van der Waals surface area contributed by atoms with Crippen LogP contribution in [-0.2, 0) is 9.59 Å². The summed E-state index contributed by atoms with van der Waals surface area (Å²) in [6, 6.07) is -0.555. The Bertz CT molecular complexity index is 405. The van der Waals surface area contributed by atoms with Crippen LogP contribution in [-0.4, -0.2) is 40.8 Å². The predicted molar refractivity (Wildman–Crippen MR) is 73.7 cm³/mol. The fraction of sp³-hybridized carbons (Fsp3) is 0.769. The van der Waals surface area contributed by atoms with Gasteiger partial charge in [-0.15, -0.1) is 0 Å². The first kappa shape index (κ1) is 14.4. The first-order valence-electron chi connectivity index (χ1n) is 6.71. The maximum atomic E-state index is 12.5. The molecule has 1 atom stereocenters. The molecular weight excluding hydrogens is 264 g/mol. The Labute approximate surface area is 117 Å². The smallest absolute Gasteiger partial charge is 0.277 e. The third kappa shape index (κ3) is 2.50. The SMILES string of the molecule is CSC(C)CCN1C(=O)NC(=O)C2(CCCC2)C1=O. The molecule has 1 heterocycles. The second kappa shape index (κ2) is 5.53. The van der Waals surface area contributed by atoms with Gasteiger partial charge in [-0.25, -0.2) is 4.79 Å². The molecule has 6 heteroatoms. The average Bonchev–Trinajstić information content (AvgIpc) is 2.87. The lowest BCUT2D eigenvalue weighted by atomic mass is 9.82. The zero-order valence-electron chi connectivity index (χ0n) is 11.4. The van der Waals surface area contributed by atoms with Gasteiger partial charge >= 0.3 is 6.03 Å². The van der Waals surface area contributed by atoms with Gasteiger partial charge in [-0.3, -0.25) is 19.8 Å². The van der Waals surface area contributed by atoms with E-state index in [2.05, 4.69) is 12.2 Å². The Hall–Kier alpha value is -1.04. The maximum absolute atomic E-state index is 12.5. The zero-order chi connectivity index (χ0) is 14.0. The topological polar surface area (TPSA) is 66.5 Å². The number of hydrogen-bond donors (Lipinski definition) is 1. The van der Waals surface area contributed by atoms with Crippen molar-refractivity contribution in [1.82, 2.24) is 10.2 Å². The number of imide groups is 2. The van der Waals surface area contributed by atoms with Crippen molar-refractivity contribution in [2.24, 2.45) is 5.41 Å². The molecule has 1 saturated heterocycles. The van der Waals surface area contributed by atoms with Crippen molar-refractivity contribution in [1.29, 1.82) is 0 Å². The highest BCUT2D eigenvalue weighted by Gasteiger charge is 2.54. The molecule has 1 unspecified atom stereocenters. The van der Waals surface area contributed by atoms with E-state index in [-0.39, 0.29) is 5.91 Å². The molecule has 4 amide bonds. The minimum absolute atomic E-state index is 0.285. The second-order valence-electron chi connectivity index (χ2n) is 5.34. The Kier molecular flexibility index (Phi) is 4.18. The maximum Gasteiger partial charge on any atom is 0.330 e. The van der Waals surface area contributed by atoms with Crippen LogP contribution in [0.25, 0.3) is 0 Å². The van der Waals surface area contributed by atoms with Crippen molar-refractivity contribution < 1.29 is 14.4 Å². The van der Waals surface area contributed by atoms with E-state index in [1.807, 2.05) is 6.26 Å². The lowest BCUT2D eigenvalue weighted by molar-refractivity contribution is -0.151. The Morgan fingerprint density at radius 1 is 1.32 bits per heavy atom. The van der Waals surface area contributed by atoms with Crippen LogP contribution in [0.5, 0.6) is 0 Å². The zero-order valence-corrected chi connectivity index (χ0v) is 12.2. The molecule has 0 aromatic rings. The monoisotopic (exact) mass is 284 g/mol. The molecule has 106 valence electrons. The summed E-state index contributed by atoms with van der Waals surface area (Å²) in [6.45, 7) is 2.45. The molecule has 2 aliphatic rings. The normalized spacial score (nSPS) is 23.9. The number of rotatable bonds is 4.